The molecule has 0 bridgehead atoms. The topological polar surface area (TPSA) is 26.3 Å². The van der Waals surface area contributed by atoms with E-state index in [0.29, 0.717) is 0 Å². The van der Waals surface area contributed by atoms with Gasteiger partial charge < -0.3 is 4.74 Å². The molecule has 0 radical (unpaired) electrons. The molecule has 96 valence electrons. The third-order valence-electron chi connectivity index (χ3n) is 3.64. The Hall–Kier alpha value is -1.74. The van der Waals surface area contributed by atoms with Gasteiger partial charge in [0.05, 0.1) is 0 Å². The van der Waals surface area contributed by atoms with E-state index >= 15 is 0 Å². The van der Waals surface area contributed by atoms with Gasteiger partial charge in [-0.25, -0.2) is 4.79 Å². The molecule has 0 fully saturated rings. The first kappa shape index (κ1) is 12.3. The Balaban J connectivity index is 2.12. The number of thiol groups is 1. The molecule has 1 aliphatic carbocycles. The Kier molecular flexibility index (Phi) is 3.07. The standard InChI is InChI=1S/C16H14O2S/c1-10(18-16(17)19)15-13-8-4-2-6-11(13)12-7-3-5-9-14(12)15/h2-10,15H,1H3,(H,17,19). The zero-order valence-corrected chi connectivity index (χ0v) is 11.4. The lowest BCUT2D eigenvalue weighted by Gasteiger charge is -2.21. The minimum atomic E-state index is -0.533. The Bertz CT molecular complexity index is 591. The molecule has 3 rings (SSSR count). The van der Waals surface area contributed by atoms with Crippen molar-refractivity contribution in [3.05, 3.63) is 59.7 Å². The summed E-state index contributed by atoms with van der Waals surface area (Å²) in [5.41, 5.74) is 4.88. The van der Waals surface area contributed by atoms with Gasteiger partial charge >= 0.3 is 5.30 Å². The van der Waals surface area contributed by atoms with Crippen molar-refractivity contribution in [2.45, 2.75) is 18.9 Å². The highest BCUT2D eigenvalue weighted by molar-refractivity contribution is 7.96. The van der Waals surface area contributed by atoms with Crippen LogP contribution in [0.3, 0.4) is 0 Å². The van der Waals surface area contributed by atoms with Crippen LogP contribution in [0.4, 0.5) is 4.79 Å². The maximum Gasteiger partial charge on any atom is 0.364 e. The molecule has 0 heterocycles. The van der Waals surface area contributed by atoms with Crippen molar-refractivity contribution in [1.29, 1.82) is 0 Å². The molecule has 0 amide bonds. The number of hydrogen-bond donors (Lipinski definition) is 1. The first-order chi connectivity index (χ1) is 9.18. The second kappa shape index (κ2) is 4.74. The van der Waals surface area contributed by atoms with Crippen molar-refractivity contribution in [1.82, 2.24) is 0 Å². The smallest absolute Gasteiger partial charge is 0.364 e. The highest BCUT2D eigenvalue weighted by Crippen LogP contribution is 2.46. The van der Waals surface area contributed by atoms with Crippen molar-refractivity contribution in [2.24, 2.45) is 0 Å². The van der Waals surface area contributed by atoms with Crippen LogP contribution in [-0.4, -0.2) is 11.4 Å². The highest BCUT2D eigenvalue weighted by Gasteiger charge is 2.33. The van der Waals surface area contributed by atoms with Crippen LogP contribution in [0.15, 0.2) is 48.5 Å². The fraction of sp³-hybridized carbons (Fsp3) is 0.188. The zero-order valence-electron chi connectivity index (χ0n) is 10.5. The minimum Gasteiger partial charge on any atom is -0.454 e. The molecule has 0 aliphatic heterocycles. The van der Waals surface area contributed by atoms with Gasteiger partial charge in [0.2, 0.25) is 0 Å². The van der Waals surface area contributed by atoms with Crippen LogP contribution in [-0.2, 0) is 4.74 Å². The number of ether oxygens (including phenoxy) is 1. The van der Waals surface area contributed by atoms with Gasteiger partial charge in [0.15, 0.2) is 0 Å². The normalized spacial score (nSPS) is 14.6. The average Bonchev–Trinajstić information content (AvgIpc) is 2.72. The molecule has 0 aromatic heterocycles. The van der Waals surface area contributed by atoms with Gasteiger partial charge in [0.1, 0.15) is 6.10 Å². The Labute approximate surface area is 117 Å². The summed E-state index contributed by atoms with van der Waals surface area (Å²) >= 11 is 3.71. The van der Waals surface area contributed by atoms with Crippen LogP contribution in [0.2, 0.25) is 0 Å². The third-order valence-corrected chi connectivity index (χ3v) is 3.74. The molecule has 0 saturated heterocycles. The lowest BCUT2D eigenvalue weighted by molar-refractivity contribution is 0.124. The Morgan fingerprint density at radius 3 is 2.00 bits per heavy atom. The quantitative estimate of drug-likeness (QED) is 0.652. The summed E-state index contributed by atoms with van der Waals surface area (Å²) in [6, 6.07) is 16.5. The summed E-state index contributed by atoms with van der Waals surface area (Å²) in [5, 5.41) is -0.533. The van der Waals surface area contributed by atoms with Crippen molar-refractivity contribution in [2.75, 3.05) is 0 Å². The SMILES string of the molecule is CC(OC(=O)S)C1c2ccccc2-c2ccccc21. The molecule has 1 aliphatic rings. The molecule has 1 atom stereocenters. The highest BCUT2D eigenvalue weighted by atomic mass is 32.1. The lowest BCUT2D eigenvalue weighted by atomic mass is 9.92. The second-order valence-electron chi connectivity index (χ2n) is 4.74. The molecule has 19 heavy (non-hydrogen) atoms. The minimum absolute atomic E-state index is 0.0866. The van der Waals surface area contributed by atoms with Crippen LogP contribution in [0.5, 0.6) is 0 Å². The first-order valence-electron chi connectivity index (χ1n) is 6.26. The second-order valence-corrected chi connectivity index (χ2v) is 5.11. The fourth-order valence-electron chi connectivity index (χ4n) is 2.93. The molecule has 2 nitrogen and oxygen atoms in total. The number of rotatable bonds is 2. The van der Waals surface area contributed by atoms with Gasteiger partial charge in [0.25, 0.3) is 0 Å². The molecule has 2 aromatic carbocycles. The van der Waals surface area contributed by atoms with Gasteiger partial charge in [0, 0.05) is 5.92 Å². The van der Waals surface area contributed by atoms with Crippen LogP contribution < -0.4 is 0 Å². The molecular weight excluding hydrogens is 256 g/mol. The van der Waals surface area contributed by atoms with Crippen LogP contribution in [0.1, 0.15) is 24.0 Å². The predicted octanol–water partition coefficient (Wildman–Crippen LogP) is 4.25. The average molecular weight is 270 g/mol. The number of carbonyl (C=O) groups is 1. The van der Waals surface area contributed by atoms with Crippen molar-refractivity contribution >= 4 is 17.9 Å². The van der Waals surface area contributed by atoms with Gasteiger partial charge in [-0.2, -0.15) is 0 Å². The molecular formula is C16H14O2S. The Morgan fingerprint density at radius 1 is 1.05 bits per heavy atom. The Morgan fingerprint density at radius 2 is 1.53 bits per heavy atom. The van der Waals surface area contributed by atoms with Gasteiger partial charge in [-0.1, -0.05) is 61.2 Å². The van der Waals surface area contributed by atoms with E-state index in [9.17, 15) is 4.79 Å². The lowest BCUT2D eigenvalue weighted by Crippen LogP contribution is -2.19. The molecule has 0 saturated carbocycles. The van der Waals surface area contributed by atoms with Crippen molar-refractivity contribution < 1.29 is 9.53 Å². The van der Waals surface area contributed by atoms with E-state index in [1.54, 1.807) is 0 Å². The largest absolute Gasteiger partial charge is 0.454 e. The summed E-state index contributed by atoms with van der Waals surface area (Å²) in [7, 11) is 0. The number of fused-ring (bicyclic) bond motifs is 3. The number of benzene rings is 2. The van der Waals surface area contributed by atoms with Gasteiger partial charge in [-0.05, 0) is 29.2 Å². The van der Waals surface area contributed by atoms with Gasteiger partial charge in [-0.15, -0.1) is 0 Å². The van der Waals surface area contributed by atoms with E-state index in [1.807, 2.05) is 31.2 Å². The molecule has 1 unspecified atom stereocenters. The van der Waals surface area contributed by atoms with E-state index in [-0.39, 0.29) is 12.0 Å². The monoisotopic (exact) mass is 270 g/mol. The fourth-order valence-corrected chi connectivity index (χ4v) is 3.09. The summed E-state index contributed by atoms with van der Waals surface area (Å²) in [4.78, 5) is 11.1. The summed E-state index contributed by atoms with van der Waals surface area (Å²) < 4.78 is 5.27. The molecule has 3 heteroatoms. The number of hydrogen-bond acceptors (Lipinski definition) is 2. The zero-order chi connectivity index (χ0) is 13.4. The van der Waals surface area contributed by atoms with E-state index in [1.165, 1.54) is 22.3 Å². The van der Waals surface area contributed by atoms with Crippen molar-refractivity contribution in [3.8, 4) is 11.1 Å². The summed E-state index contributed by atoms with van der Waals surface area (Å²) in [6.45, 7) is 1.91. The maximum absolute atomic E-state index is 11.1. The maximum atomic E-state index is 11.1. The molecule has 0 spiro atoms. The number of carbonyl (C=O) groups excluding carboxylic acids is 1. The first-order valence-corrected chi connectivity index (χ1v) is 6.71. The van der Waals surface area contributed by atoms with Gasteiger partial charge in [-0.3, -0.25) is 0 Å². The van der Waals surface area contributed by atoms with E-state index < -0.39 is 5.30 Å². The summed E-state index contributed by atoms with van der Waals surface area (Å²) in [6.07, 6.45) is -0.227. The molecule has 0 N–H and O–H groups in total. The predicted molar refractivity (Wildman–Crippen MR) is 78.7 cm³/mol. The van der Waals surface area contributed by atoms with Crippen LogP contribution >= 0.6 is 12.6 Å². The van der Waals surface area contributed by atoms with Crippen LogP contribution in [0.25, 0.3) is 11.1 Å². The molecule has 2 aromatic rings. The van der Waals surface area contributed by atoms with E-state index in [4.69, 9.17) is 4.74 Å². The summed E-state index contributed by atoms with van der Waals surface area (Å²) in [5.74, 6) is 0.0866. The third kappa shape index (κ3) is 2.04. The van der Waals surface area contributed by atoms with Crippen LogP contribution in [0, 0.1) is 0 Å². The van der Waals surface area contributed by atoms with E-state index in [0.717, 1.165) is 0 Å². The van der Waals surface area contributed by atoms with E-state index in [2.05, 4.69) is 36.9 Å². The van der Waals surface area contributed by atoms with Crippen molar-refractivity contribution in [3.63, 3.8) is 0 Å².